The summed E-state index contributed by atoms with van der Waals surface area (Å²) < 4.78 is 29.9. The molecule has 0 radical (unpaired) electrons. The summed E-state index contributed by atoms with van der Waals surface area (Å²) in [6.45, 7) is 1.57. The van der Waals surface area contributed by atoms with Crippen molar-refractivity contribution in [2.75, 3.05) is 31.0 Å². The Morgan fingerprint density at radius 3 is 2.49 bits per heavy atom. The SMILES string of the molecule is COc1cc(N(C2CCN(C(Cc3ccc(C(=N)N)cc3)C(=O)N3CCCCC3)C2=O)S(=O)O)cc2ccccc12. The number of amides is 2. The van der Waals surface area contributed by atoms with Gasteiger partial charge in [0.05, 0.1) is 12.8 Å². The zero-order chi connectivity index (χ0) is 29.1. The van der Waals surface area contributed by atoms with Crippen LogP contribution in [0.2, 0.25) is 0 Å². The molecule has 0 bridgehead atoms. The first kappa shape index (κ1) is 28.6. The fraction of sp³-hybridized carbons (Fsp3) is 0.367. The van der Waals surface area contributed by atoms with E-state index < -0.39 is 23.4 Å². The Kier molecular flexibility index (Phi) is 8.55. The van der Waals surface area contributed by atoms with Gasteiger partial charge in [-0.05, 0) is 42.7 Å². The number of ether oxygens (including phenoxy) is 1. The van der Waals surface area contributed by atoms with Crippen molar-refractivity contribution in [3.05, 3.63) is 71.8 Å². The lowest BCUT2D eigenvalue weighted by molar-refractivity contribution is -0.144. The van der Waals surface area contributed by atoms with Crippen molar-refractivity contribution >= 4 is 45.4 Å². The molecule has 2 saturated heterocycles. The van der Waals surface area contributed by atoms with Crippen LogP contribution in [0.5, 0.6) is 5.75 Å². The molecule has 11 heteroatoms. The van der Waals surface area contributed by atoms with Gasteiger partial charge in [0.2, 0.25) is 11.8 Å². The molecule has 0 aliphatic carbocycles. The van der Waals surface area contributed by atoms with Gasteiger partial charge in [0.1, 0.15) is 23.7 Å². The van der Waals surface area contributed by atoms with Crippen LogP contribution in [0.3, 0.4) is 0 Å². The number of likely N-dealkylation sites (tertiary alicyclic amines) is 2. The van der Waals surface area contributed by atoms with Gasteiger partial charge in [-0.2, -0.15) is 0 Å². The van der Waals surface area contributed by atoms with E-state index in [1.165, 1.54) is 11.4 Å². The van der Waals surface area contributed by atoms with E-state index in [9.17, 15) is 18.4 Å². The number of amidine groups is 1. The maximum atomic E-state index is 14.0. The monoisotopic (exact) mass is 577 g/mol. The molecule has 3 unspecified atom stereocenters. The predicted molar refractivity (Wildman–Crippen MR) is 159 cm³/mol. The van der Waals surface area contributed by atoms with Gasteiger partial charge < -0.3 is 20.3 Å². The molecule has 0 aromatic heterocycles. The van der Waals surface area contributed by atoms with Gasteiger partial charge in [0.25, 0.3) is 11.3 Å². The first-order valence-electron chi connectivity index (χ1n) is 13.8. The minimum Gasteiger partial charge on any atom is -0.496 e. The van der Waals surface area contributed by atoms with E-state index >= 15 is 0 Å². The third-order valence-corrected chi connectivity index (χ3v) is 8.77. The molecule has 3 aromatic rings. The van der Waals surface area contributed by atoms with Crippen LogP contribution in [0.25, 0.3) is 10.8 Å². The average Bonchev–Trinajstić information content (AvgIpc) is 3.35. The third kappa shape index (κ3) is 5.91. The fourth-order valence-electron chi connectivity index (χ4n) is 5.85. The summed E-state index contributed by atoms with van der Waals surface area (Å²) in [7, 11) is 1.54. The van der Waals surface area contributed by atoms with Crippen molar-refractivity contribution in [2.45, 2.75) is 44.2 Å². The van der Waals surface area contributed by atoms with Crippen LogP contribution in [0.4, 0.5) is 5.69 Å². The number of carbonyl (C=O) groups is 2. The van der Waals surface area contributed by atoms with Crippen molar-refractivity contribution < 1.29 is 23.1 Å². The number of nitrogens with zero attached hydrogens (tertiary/aromatic N) is 3. The molecule has 2 heterocycles. The number of methoxy groups -OCH3 is 1. The largest absolute Gasteiger partial charge is 0.496 e. The summed E-state index contributed by atoms with van der Waals surface area (Å²) in [6.07, 6.45) is 3.48. The molecule has 216 valence electrons. The number of nitrogen functional groups attached to an aromatic ring is 1. The number of carbonyl (C=O) groups excluding carboxylic acids is 2. The molecular formula is C30H35N5O5S. The second-order valence-corrected chi connectivity index (χ2v) is 11.3. The first-order valence-corrected chi connectivity index (χ1v) is 14.8. The summed E-state index contributed by atoms with van der Waals surface area (Å²) in [6, 6.07) is 16.4. The van der Waals surface area contributed by atoms with E-state index in [1.54, 1.807) is 29.2 Å². The van der Waals surface area contributed by atoms with Crippen LogP contribution >= 0.6 is 0 Å². The summed E-state index contributed by atoms with van der Waals surface area (Å²) >= 11 is -2.50. The molecule has 2 fully saturated rings. The van der Waals surface area contributed by atoms with Gasteiger partial charge in [0.15, 0.2) is 0 Å². The Morgan fingerprint density at radius 2 is 1.83 bits per heavy atom. The molecule has 5 rings (SSSR count). The van der Waals surface area contributed by atoms with Gasteiger partial charge in [-0.15, -0.1) is 0 Å². The lowest BCUT2D eigenvalue weighted by atomic mass is 10.0. The van der Waals surface area contributed by atoms with Crippen molar-refractivity contribution in [3.8, 4) is 5.75 Å². The maximum absolute atomic E-state index is 14.0. The molecule has 0 spiro atoms. The number of anilines is 1. The van der Waals surface area contributed by atoms with E-state index in [-0.39, 0.29) is 37.0 Å². The number of nitrogens with two attached hydrogens (primary N) is 1. The van der Waals surface area contributed by atoms with Gasteiger partial charge in [-0.1, -0.05) is 48.5 Å². The van der Waals surface area contributed by atoms with Crippen LogP contribution < -0.4 is 14.8 Å². The highest BCUT2D eigenvalue weighted by Crippen LogP contribution is 2.35. The number of benzene rings is 3. The highest BCUT2D eigenvalue weighted by atomic mass is 32.2. The molecule has 3 aromatic carbocycles. The van der Waals surface area contributed by atoms with Gasteiger partial charge in [-0.25, -0.2) is 4.21 Å². The lowest BCUT2D eigenvalue weighted by Gasteiger charge is -2.35. The zero-order valence-corrected chi connectivity index (χ0v) is 23.8. The third-order valence-electron chi connectivity index (χ3n) is 7.97. The Labute approximate surface area is 242 Å². The van der Waals surface area contributed by atoms with Crippen LogP contribution in [-0.2, 0) is 27.3 Å². The standard InChI is InChI=1S/C30H35N5O5S/c1-40-27-19-23(18-22-7-3-4-8-24(22)27)35(41(38)39)25-13-16-34(30(25)37)26(29(36)33-14-5-2-6-15-33)17-20-9-11-21(12-10-20)28(31)32/h3-4,7-12,18-19,25-26H,2,5-6,13-17H2,1H3,(H3,31,32)(H,38,39). The topological polar surface area (TPSA) is 140 Å². The Balaban J connectivity index is 1.46. The quantitative estimate of drug-likeness (QED) is 0.203. The molecule has 3 atom stereocenters. The maximum Gasteiger partial charge on any atom is 0.262 e. The molecule has 0 saturated carbocycles. The summed E-state index contributed by atoms with van der Waals surface area (Å²) in [5.41, 5.74) is 7.41. The van der Waals surface area contributed by atoms with Crippen LogP contribution in [-0.4, -0.2) is 75.0 Å². The molecular weight excluding hydrogens is 542 g/mol. The molecule has 2 aliphatic rings. The minimum atomic E-state index is -2.50. The molecule has 2 aliphatic heterocycles. The Morgan fingerprint density at radius 1 is 1.12 bits per heavy atom. The number of nitrogens with one attached hydrogen (secondary N) is 1. The smallest absolute Gasteiger partial charge is 0.262 e. The van der Waals surface area contributed by atoms with E-state index in [0.717, 1.165) is 35.6 Å². The van der Waals surface area contributed by atoms with Crippen molar-refractivity contribution in [3.63, 3.8) is 0 Å². The van der Waals surface area contributed by atoms with E-state index in [4.69, 9.17) is 15.9 Å². The van der Waals surface area contributed by atoms with Gasteiger partial charge in [-0.3, -0.25) is 23.9 Å². The van der Waals surface area contributed by atoms with E-state index in [0.29, 0.717) is 30.1 Å². The highest BCUT2D eigenvalue weighted by molar-refractivity contribution is 7.80. The number of piperidine rings is 1. The van der Waals surface area contributed by atoms with Gasteiger partial charge in [0, 0.05) is 43.1 Å². The number of rotatable bonds is 9. The van der Waals surface area contributed by atoms with Crippen molar-refractivity contribution in [2.24, 2.45) is 5.73 Å². The number of hydrogen-bond acceptors (Lipinski definition) is 5. The summed E-state index contributed by atoms with van der Waals surface area (Å²) in [5.74, 6) is 0.00844. The van der Waals surface area contributed by atoms with Crippen LogP contribution in [0, 0.1) is 5.41 Å². The Bertz CT molecular complexity index is 1470. The van der Waals surface area contributed by atoms with Crippen LogP contribution in [0.15, 0.2) is 60.7 Å². The van der Waals surface area contributed by atoms with E-state index in [2.05, 4.69) is 0 Å². The molecule has 10 nitrogen and oxygen atoms in total. The summed E-state index contributed by atoms with van der Waals surface area (Å²) in [4.78, 5) is 31.3. The van der Waals surface area contributed by atoms with Crippen molar-refractivity contribution in [1.82, 2.24) is 9.80 Å². The lowest BCUT2D eigenvalue weighted by Crippen LogP contribution is -2.53. The van der Waals surface area contributed by atoms with Crippen LogP contribution in [0.1, 0.15) is 36.8 Å². The number of hydrogen-bond donors (Lipinski definition) is 3. The highest BCUT2D eigenvalue weighted by Gasteiger charge is 2.44. The normalized spacial score (nSPS) is 18.8. The van der Waals surface area contributed by atoms with E-state index in [1.807, 2.05) is 41.3 Å². The van der Waals surface area contributed by atoms with Crippen molar-refractivity contribution in [1.29, 1.82) is 5.41 Å². The Hall–Kier alpha value is -3.96. The fourth-order valence-corrected chi connectivity index (χ4v) is 6.55. The van der Waals surface area contributed by atoms with Gasteiger partial charge >= 0.3 is 0 Å². The molecule has 4 N–H and O–H groups in total. The molecule has 41 heavy (non-hydrogen) atoms. The first-order chi connectivity index (χ1) is 19.8. The summed E-state index contributed by atoms with van der Waals surface area (Å²) in [5, 5.41) is 9.32. The second-order valence-electron chi connectivity index (χ2n) is 10.5. The average molecular weight is 578 g/mol. The number of fused-ring (bicyclic) bond motifs is 1. The second kappa shape index (κ2) is 12.3. The molecule has 2 amide bonds. The zero-order valence-electron chi connectivity index (χ0n) is 23.0. The minimum absolute atomic E-state index is 0.0440. The predicted octanol–water partition coefficient (Wildman–Crippen LogP) is 3.30.